The molecule has 2 aliphatic rings. The Bertz CT molecular complexity index is 1070. The van der Waals surface area contributed by atoms with Crippen LogP contribution in [0.2, 0.25) is 0 Å². The van der Waals surface area contributed by atoms with E-state index >= 15 is 0 Å². The zero-order valence-corrected chi connectivity index (χ0v) is 19.9. The molecule has 0 atom stereocenters. The second kappa shape index (κ2) is 9.29. The van der Waals surface area contributed by atoms with Gasteiger partial charge in [0.2, 0.25) is 5.95 Å². The monoisotopic (exact) mass is 446 g/mol. The standard InChI is InChI=1S/C25H34N8/c1-31(2)23-15-26-25(30-24(23)33-14-13-21-22(16-33)28-17-27-21)29-18-9-11-20(12-10-18)32(3)19-7-5-4-6-8-19/h9-12,15,17,19H,4-8,13-14,16H2,1-3H3,(H,27,28)(H,26,29,30). The number of rotatable bonds is 6. The molecule has 0 amide bonds. The topological polar surface area (TPSA) is 76.2 Å². The quantitative estimate of drug-likeness (QED) is 0.583. The number of imidazole rings is 1. The van der Waals surface area contributed by atoms with Crippen LogP contribution in [-0.4, -0.2) is 53.7 Å². The summed E-state index contributed by atoms with van der Waals surface area (Å²) in [6, 6.07) is 9.28. The van der Waals surface area contributed by atoms with Gasteiger partial charge >= 0.3 is 0 Å². The number of H-pyrrole nitrogens is 1. The summed E-state index contributed by atoms with van der Waals surface area (Å²) >= 11 is 0. The SMILES string of the molecule is CN(C)c1cnc(Nc2ccc(N(C)C3CCCCC3)cc2)nc1N1CCc2nc[nH]c2C1. The second-order valence-corrected chi connectivity index (χ2v) is 9.37. The first-order chi connectivity index (χ1) is 16.1. The van der Waals surface area contributed by atoms with Crippen molar-refractivity contribution in [2.45, 2.75) is 51.1 Å². The Labute approximate surface area is 196 Å². The maximum atomic E-state index is 4.92. The minimum Gasteiger partial charge on any atom is -0.373 e. The summed E-state index contributed by atoms with van der Waals surface area (Å²) in [5.41, 5.74) is 5.59. The molecular weight excluding hydrogens is 412 g/mol. The molecule has 1 aliphatic carbocycles. The Morgan fingerprint density at radius 3 is 2.58 bits per heavy atom. The third-order valence-electron chi connectivity index (χ3n) is 6.96. The lowest BCUT2D eigenvalue weighted by Gasteiger charge is -2.33. The van der Waals surface area contributed by atoms with Gasteiger partial charge in [0.1, 0.15) is 0 Å². The van der Waals surface area contributed by atoms with Gasteiger partial charge in [-0.15, -0.1) is 0 Å². The average Bonchev–Trinajstić information content (AvgIpc) is 3.32. The van der Waals surface area contributed by atoms with Gasteiger partial charge in [-0.05, 0) is 37.1 Å². The molecular formula is C25H34N8. The maximum Gasteiger partial charge on any atom is 0.229 e. The number of fused-ring (bicyclic) bond motifs is 1. The van der Waals surface area contributed by atoms with Crippen LogP contribution in [0.3, 0.4) is 0 Å². The van der Waals surface area contributed by atoms with E-state index in [1.165, 1.54) is 37.8 Å². The van der Waals surface area contributed by atoms with Crippen molar-refractivity contribution in [3.8, 4) is 0 Å². The Kier molecular flexibility index (Phi) is 6.07. The van der Waals surface area contributed by atoms with Gasteiger partial charge < -0.3 is 25.0 Å². The van der Waals surface area contributed by atoms with Crippen LogP contribution < -0.4 is 20.0 Å². The summed E-state index contributed by atoms with van der Waals surface area (Å²) in [5.74, 6) is 1.55. The lowest BCUT2D eigenvalue weighted by atomic mass is 9.94. The van der Waals surface area contributed by atoms with E-state index in [4.69, 9.17) is 4.98 Å². The third kappa shape index (κ3) is 4.60. The molecule has 3 heterocycles. The molecule has 2 N–H and O–H groups in total. The molecule has 1 aliphatic heterocycles. The highest BCUT2D eigenvalue weighted by Crippen LogP contribution is 2.31. The number of nitrogens with zero attached hydrogens (tertiary/aromatic N) is 6. The molecule has 33 heavy (non-hydrogen) atoms. The Morgan fingerprint density at radius 2 is 1.82 bits per heavy atom. The van der Waals surface area contributed by atoms with Crippen LogP contribution >= 0.6 is 0 Å². The smallest absolute Gasteiger partial charge is 0.229 e. The molecule has 5 rings (SSSR count). The average molecular weight is 447 g/mol. The number of aromatic nitrogens is 4. The zero-order chi connectivity index (χ0) is 22.8. The van der Waals surface area contributed by atoms with E-state index in [9.17, 15) is 0 Å². The van der Waals surface area contributed by atoms with Gasteiger partial charge in [-0.1, -0.05) is 19.3 Å². The highest BCUT2D eigenvalue weighted by molar-refractivity contribution is 5.69. The molecule has 1 saturated carbocycles. The third-order valence-corrected chi connectivity index (χ3v) is 6.96. The number of hydrogen-bond acceptors (Lipinski definition) is 7. The first-order valence-corrected chi connectivity index (χ1v) is 12.0. The fraction of sp³-hybridized carbons (Fsp3) is 0.480. The second-order valence-electron chi connectivity index (χ2n) is 9.37. The fourth-order valence-electron chi connectivity index (χ4n) is 4.96. The van der Waals surface area contributed by atoms with Crippen molar-refractivity contribution in [3.05, 3.63) is 48.2 Å². The molecule has 0 unspecified atom stereocenters. The van der Waals surface area contributed by atoms with Gasteiger partial charge in [-0.3, -0.25) is 0 Å². The van der Waals surface area contributed by atoms with Crippen LogP contribution in [-0.2, 0) is 13.0 Å². The number of anilines is 5. The van der Waals surface area contributed by atoms with Crippen molar-refractivity contribution in [3.63, 3.8) is 0 Å². The van der Waals surface area contributed by atoms with E-state index < -0.39 is 0 Å². The lowest BCUT2D eigenvalue weighted by Crippen LogP contribution is -2.33. The molecule has 1 fully saturated rings. The van der Waals surface area contributed by atoms with Crippen LogP contribution in [0.5, 0.6) is 0 Å². The zero-order valence-electron chi connectivity index (χ0n) is 19.9. The summed E-state index contributed by atoms with van der Waals surface area (Å²) in [7, 11) is 6.28. The van der Waals surface area contributed by atoms with Crippen molar-refractivity contribution in [2.24, 2.45) is 0 Å². The van der Waals surface area contributed by atoms with E-state index in [1.807, 2.05) is 20.3 Å². The molecule has 0 bridgehead atoms. The highest BCUT2D eigenvalue weighted by Gasteiger charge is 2.23. The van der Waals surface area contributed by atoms with Gasteiger partial charge in [-0.2, -0.15) is 4.98 Å². The van der Waals surface area contributed by atoms with Crippen LogP contribution in [0.1, 0.15) is 43.5 Å². The number of hydrogen-bond donors (Lipinski definition) is 2. The van der Waals surface area contributed by atoms with Gasteiger partial charge in [-0.25, -0.2) is 9.97 Å². The van der Waals surface area contributed by atoms with E-state index in [0.717, 1.165) is 48.1 Å². The predicted octanol–water partition coefficient (Wildman–Crippen LogP) is 4.34. The van der Waals surface area contributed by atoms with E-state index in [1.54, 1.807) is 6.33 Å². The molecule has 174 valence electrons. The van der Waals surface area contributed by atoms with Crippen molar-refractivity contribution < 1.29 is 0 Å². The minimum absolute atomic E-state index is 0.611. The Hall–Kier alpha value is -3.29. The molecule has 0 spiro atoms. The first kappa shape index (κ1) is 21.6. The molecule has 8 nitrogen and oxygen atoms in total. The highest BCUT2D eigenvalue weighted by atomic mass is 15.3. The summed E-state index contributed by atoms with van der Waals surface area (Å²) in [5, 5.41) is 3.40. The largest absolute Gasteiger partial charge is 0.373 e. The summed E-state index contributed by atoms with van der Waals surface area (Å²) in [6.07, 6.45) is 11.2. The predicted molar refractivity (Wildman–Crippen MR) is 135 cm³/mol. The molecule has 2 aromatic heterocycles. The molecule has 0 radical (unpaired) electrons. The van der Waals surface area contributed by atoms with Gasteiger partial charge in [0.15, 0.2) is 5.82 Å². The lowest BCUT2D eigenvalue weighted by molar-refractivity contribution is 0.427. The van der Waals surface area contributed by atoms with Crippen molar-refractivity contribution in [1.82, 2.24) is 19.9 Å². The fourth-order valence-corrected chi connectivity index (χ4v) is 4.96. The Balaban J connectivity index is 1.33. The summed E-state index contributed by atoms with van der Waals surface area (Å²) in [4.78, 5) is 24.0. The number of benzene rings is 1. The van der Waals surface area contributed by atoms with Crippen LogP contribution in [0, 0.1) is 0 Å². The van der Waals surface area contributed by atoms with Crippen LogP contribution in [0.25, 0.3) is 0 Å². The number of nitrogens with one attached hydrogen (secondary N) is 2. The maximum absolute atomic E-state index is 4.92. The molecule has 8 heteroatoms. The first-order valence-electron chi connectivity index (χ1n) is 12.0. The molecule has 3 aromatic rings. The summed E-state index contributed by atoms with van der Waals surface area (Å²) < 4.78 is 0. The van der Waals surface area contributed by atoms with E-state index in [2.05, 4.69) is 66.3 Å². The molecule has 1 aromatic carbocycles. The molecule has 0 saturated heterocycles. The van der Waals surface area contributed by atoms with E-state index in [-0.39, 0.29) is 0 Å². The van der Waals surface area contributed by atoms with E-state index in [0.29, 0.717) is 12.0 Å². The van der Waals surface area contributed by atoms with Crippen molar-refractivity contribution in [2.75, 3.05) is 47.7 Å². The van der Waals surface area contributed by atoms with Crippen LogP contribution in [0.15, 0.2) is 36.8 Å². The van der Waals surface area contributed by atoms with Crippen molar-refractivity contribution >= 4 is 28.8 Å². The van der Waals surface area contributed by atoms with Crippen molar-refractivity contribution in [1.29, 1.82) is 0 Å². The number of aromatic amines is 1. The summed E-state index contributed by atoms with van der Waals surface area (Å²) in [6.45, 7) is 1.66. The van der Waals surface area contributed by atoms with Gasteiger partial charge in [0.05, 0.1) is 36.1 Å². The van der Waals surface area contributed by atoms with Gasteiger partial charge in [0, 0.05) is 51.5 Å². The van der Waals surface area contributed by atoms with Crippen LogP contribution in [0.4, 0.5) is 28.8 Å². The Morgan fingerprint density at radius 1 is 1.03 bits per heavy atom. The normalized spacial score (nSPS) is 16.4. The minimum atomic E-state index is 0.611. The van der Waals surface area contributed by atoms with Gasteiger partial charge in [0.25, 0.3) is 0 Å².